The Morgan fingerprint density at radius 1 is 1.20 bits per heavy atom. The molecule has 3 rings (SSSR count). The Morgan fingerprint density at radius 3 is 2.64 bits per heavy atom. The zero-order valence-corrected chi connectivity index (χ0v) is 14.5. The van der Waals surface area contributed by atoms with E-state index in [0.717, 1.165) is 5.56 Å². The molecule has 7 nitrogen and oxygen atoms in total. The Kier molecular flexibility index (Phi) is 5.13. The summed E-state index contributed by atoms with van der Waals surface area (Å²) < 4.78 is 13.5. The van der Waals surface area contributed by atoms with Gasteiger partial charge in [0.25, 0.3) is 5.91 Å². The van der Waals surface area contributed by atoms with Crippen LogP contribution in [0.25, 0.3) is 0 Å². The maximum absolute atomic E-state index is 13.0. The van der Waals surface area contributed by atoms with Crippen molar-refractivity contribution in [1.29, 1.82) is 0 Å². The molecule has 0 saturated heterocycles. The summed E-state index contributed by atoms with van der Waals surface area (Å²) in [6, 6.07) is 5.77. The minimum atomic E-state index is -0.437. The summed E-state index contributed by atoms with van der Waals surface area (Å²) in [6.07, 6.45) is 3.30. The van der Waals surface area contributed by atoms with Crippen molar-refractivity contribution < 1.29 is 14.0 Å². The van der Waals surface area contributed by atoms with Crippen LogP contribution in [0.5, 0.6) is 0 Å². The molecule has 128 valence electrons. The number of carbonyl (C=O) groups excluding carboxylic acids is 2. The molecule has 1 aromatic carbocycles. The molecule has 0 spiro atoms. The molecule has 0 saturated carbocycles. The predicted octanol–water partition coefficient (Wildman–Crippen LogP) is 2.50. The van der Waals surface area contributed by atoms with E-state index < -0.39 is 5.91 Å². The zero-order valence-electron chi connectivity index (χ0n) is 12.9. The second-order valence-corrected chi connectivity index (χ2v) is 6.12. The summed E-state index contributed by atoms with van der Waals surface area (Å²) in [4.78, 5) is 32.3. The van der Waals surface area contributed by atoms with Crippen molar-refractivity contribution in [2.75, 3.05) is 5.32 Å². The number of anilines is 1. The lowest BCUT2D eigenvalue weighted by atomic mass is 10.1. The monoisotopic (exact) mass is 405 g/mol. The first-order valence-corrected chi connectivity index (χ1v) is 8.22. The first-order chi connectivity index (χ1) is 12.0. The van der Waals surface area contributed by atoms with Crippen molar-refractivity contribution >= 4 is 39.3 Å². The number of carbonyl (C=O) groups is 2. The van der Waals surface area contributed by atoms with E-state index in [2.05, 4.69) is 36.3 Å². The fraction of sp³-hybridized carbons (Fsp3) is 0.188. The first kappa shape index (κ1) is 17.2. The van der Waals surface area contributed by atoms with Gasteiger partial charge in [0.05, 0.1) is 18.9 Å². The predicted molar refractivity (Wildman–Crippen MR) is 92.0 cm³/mol. The molecule has 2 aromatic rings. The average Bonchev–Trinajstić information content (AvgIpc) is 2.60. The molecule has 2 heterocycles. The van der Waals surface area contributed by atoms with Gasteiger partial charge in [0, 0.05) is 12.8 Å². The molecule has 0 unspecified atom stereocenters. The Morgan fingerprint density at radius 2 is 1.96 bits per heavy atom. The molecule has 1 aromatic heterocycles. The average molecular weight is 406 g/mol. The van der Waals surface area contributed by atoms with Crippen LogP contribution in [-0.4, -0.2) is 32.5 Å². The normalized spacial score (nSPS) is 14.2. The van der Waals surface area contributed by atoms with Crippen LogP contribution < -0.4 is 5.32 Å². The van der Waals surface area contributed by atoms with E-state index in [1.54, 1.807) is 12.1 Å². The summed E-state index contributed by atoms with van der Waals surface area (Å²) in [5, 5.41) is 7.95. The van der Waals surface area contributed by atoms with Gasteiger partial charge in [0.15, 0.2) is 5.82 Å². The summed E-state index contributed by atoms with van der Waals surface area (Å²) in [5.41, 5.74) is 0.949. The fourth-order valence-corrected chi connectivity index (χ4v) is 2.42. The molecule has 1 aliphatic rings. The van der Waals surface area contributed by atoms with E-state index in [9.17, 15) is 14.0 Å². The van der Waals surface area contributed by atoms with Gasteiger partial charge in [0.1, 0.15) is 16.1 Å². The summed E-state index contributed by atoms with van der Waals surface area (Å²) in [6.45, 7) is 0.175. The Labute approximate surface area is 151 Å². The van der Waals surface area contributed by atoms with Gasteiger partial charge in [-0.2, -0.15) is 5.10 Å². The lowest BCUT2D eigenvalue weighted by molar-refractivity contribution is -0.132. The minimum Gasteiger partial charge on any atom is -0.304 e. The number of rotatable bonds is 4. The third-order valence-corrected chi connectivity index (χ3v) is 3.88. The molecule has 0 bridgehead atoms. The maximum Gasteiger partial charge on any atom is 0.273 e. The number of hydrazone groups is 1. The lowest BCUT2D eigenvalue weighted by Crippen LogP contribution is -2.36. The number of aromatic nitrogens is 2. The molecule has 0 fully saturated rings. The van der Waals surface area contributed by atoms with Crippen LogP contribution in [0.1, 0.15) is 18.4 Å². The van der Waals surface area contributed by atoms with Crippen molar-refractivity contribution in [2.24, 2.45) is 5.10 Å². The van der Waals surface area contributed by atoms with E-state index >= 15 is 0 Å². The Balaban J connectivity index is 1.72. The zero-order chi connectivity index (χ0) is 17.8. The molecule has 0 atom stereocenters. The number of hydrogen-bond donors (Lipinski definition) is 1. The topological polar surface area (TPSA) is 87.6 Å². The van der Waals surface area contributed by atoms with Gasteiger partial charge < -0.3 is 5.32 Å². The molecule has 2 amide bonds. The summed E-state index contributed by atoms with van der Waals surface area (Å²) in [5.74, 6) is -0.691. The molecular weight excluding hydrogens is 393 g/mol. The number of hydrogen-bond acceptors (Lipinski definition) is 5. The second-order valence-electron chi connectivity index (χ2n) is 5.30. The standard InChI is InChI=1S/C16H13BrFN5O2/c17-13-7-20-14(8-19-13)21-16(25)12-5-6-15(24)23(22-12)9-10-1-3-11(18)4-2-10/h1-4,7-8H,5-6,9H2,(H,20,21,25). The molecular formula is C16H13BrFN5O2. The number of benzene rings is 1. The number of amides is 2. The van der Waals surface area contributed by atoms with Gasteiger partial charge in [-0.1, -0.05) is 12.1 Å². The van der Waals surface area contributed by atoms with Gasteiger partial charge in [0.2, 0.25) is 5.91 Å². The summed E-state index contributed by atoms with van der Waals surface area (Å²) >= 11 is 3.16. The van der Waals surface area contributed by atoms with Crippen LogP contribution in [0.3, 0.4) is 0 Å². The van der Waals surface area contributed by atoms with Crippen molar-refractivity contribution in [1.82, 2.24) is 15.0 Å². The van der Waals surface area contributed by atoms with Crippen LogP contribution >= 0.6 is 15.9 Å². The van der Waals surface area contributed by atoms with Gasteiger partial charge in [-0.15, -0.1) is 0 Å². The molecule has 0 aliphatic carbocycles. The number of nitrogens with one attached hydrogen (secondary N) is 1. The Bertz CT molecular complexity index is 823. The molecule has 1 aliphatic heterocycles. The Hall–Kier alpha value is -2.68. The van der Waals surface area contributed by atoms with Crippen molar-refractivity contribution in [3.8, 4) is 0 Å². The van der Waals surface area contributed by atoms with E-state index in [4.69, 9.17) is 0 Å². The quantitative estimate of drug-likeness (QED) is 0.846. The number of halogens is 2. The van der Waals surface area contributed by atoms with Gasteiger partial charge in [-0.3, -0.25) is 9.59 Å². The van der Waals surface area contributed by atoms with Gasteiger partial charge >= 0.3 is 0 Å². The van der Waals surface area contributed by atoms with Crippen molar-refractivity contribution in [3.05, 3.63) is 52.6 Å². The smallest absolute Gasteiger partial charge is 0.273 e. The van der Waals surface area contributed by atoms with Crippen LogP contribution in [0.4, 0.5) is 10.2 Å². The summed E-state index contributed by atoms with van der Waals surface area (Å²) in [7, 11) is 0. The van der Waals surface area contributed by atoms with Gasteiger partial charge in [-0.05, 0) is 33.6 Å². The molecule has 0 radical (unpaired) electrons. The largest absolute Gasteiger partial charge is 0.304 e. The van der Waals surface area contributed by atoms with Crippen molar-refractivity contribution in [2.45, 2.75) is 19.4 Å². The SMILES string of the molecule is O=C(Nc1cnc(Br)cn1)C1=NN(Cc2ccc(F)cc2)C(=O)CC1. The van der Waals surface area contributed by atoms with Crippen LogP contribution in [0, 0.1) is 5.82 Å². The highest BCUT2D eigenvalue weighted by molar-refractivity contribution is 9.10. The van der Waals surface area contributed by atoms with E-state index in [1.807, 2.05) is 0 Å². The molecule has 9 heteroatoms. The molecule has 1 N–H and O–H groups in total. The maximum atomic E-state index is 13.0. The minimum absolute atomic E-state index is 0.175. The lowest BCUT2D eigenvalue weighted by Gasteiger charge is -2.23. The third-order valence-electron chi connectivity index (χ3n) is 3.47. The molecule has 25 heavy (non-hydrogen) atoms. The second kappa shape index (κ2) is 7.47. The van der Waals surface area contributed by atoms with E-state index in [0.29, 0.717) is 4.60 Å². The van der Waals surface area contributed by atoms with Crippen molar-refractivity contribution in [3.63, 3.8) is 0 Å². The highest BCUT2D eigenvalue weighted by Crippen LogP contribution is 2.15. The van der Waals surface area contributed by atoms with Crippen LogP contribution in [0.15, 0.2) is 46.4 Å². The highest BCUT2D eigenvalue weighted by Gasteiger charge is 2.24. The van der Waals surface area contributed by atoms with Crippen LogP contribution in [-0.2, 0) is 16.1 Å². The van der Waals surface area contributed by atoms with E-state index in [-0.39, 0.29) is 42.6 Å². The third kappa shape index (κ3) is 4.44. The first-order valence-electron chi connectivity index (χ1n) is 7.42. The number of nitrogens with zero attached hydrogens (tertiary/aromatic N) is 4. The van der Waals surface area contributed by atoms with Gasteiger partial charge in [-0.25, -0.2) is 19.4 Å². The van der Waals surface area contributed by atoms with E-state index in [1.165, 1.54) is 29.5 Å². The fourth-order valence-electron chi connectivity index (χ4n) is 2.22. The van der Waals surface area contributed by atoms with Crippen LogP contribution in [0.2, 0.25) is 0 Å². The highest BCUT2D eigenvalue weighted by atomic mass is 79.9.